The van der Waals surface area contributed by atoms with Crippen LogP contribution in [-0.2, 0) is 28.6 Å². The maximum Gasteiger partial charge on any atom is 0.306 e. The molecule has 1 aliphatic heterocycles. The predicted octanol–water partition coefficient (Wildman–Crippen LogP) is 15.0. The number of hydrogen-bond donors (Lipinski definition) is 1. The van der Waals surface area contributed by atoms with Crippen molar-refractivity contribution in [2.24, 2.45) is 0 Å². The highest BCUT2D eigenvalue weighted by Crippen LogP contribution is 2.19. The van der Waals surface area contributed by atoms with Crippen molar-refractivity contribution in [3.05, 3.63) is 0 Å². The highest BCUT2D eigenvalue weighted by atomic mass is 33.1. The first-order chi connectivity index (χ1) is 32.9. The lowest BCUT2D eigenvalue weighted by atomic mass is 10.0. The first kappa shape index (κ1) is 64.0. The van der Waals surface area contributed by atoms with Gasteiger partial charge in [-0.05, 0) is 103 Å². The number of thiol groups is 1. The van der Waals surface area contributed by atoms with Crippen molar-refractivity contribution in [2.75, 3.05) is 77.9 Å². The van der Waals surface area contributed by atoms with Crippen LogP contribution in [0.2, 0.25) is 0 Å². The van der Waals surface area contributed by atoms with E-state index < -0.39 is 0 Å². The van der Waals surface area contributed by atoms with E-state index in [9.17, 15) is 14.4 Å². The molecule has 0 saturated carbocycles. The Hall–Kier alpha value is -1.01. The Bertz CT molecular complexity index is 1080. The normalized spacial score (nSPS) is 13.5. The van der Waals surface area contributed by atoms with Gasteiger partial charge in [0.15, 0.2) is 0 Å². The van der Waals surface area contributed by atoms with Gasteiger partial charge in [-0.25, -0.2) is 0 Å². The molecule has 1 saturated heterocycles. The van der Waals surface area contributed by atoms with Crippen LogP contribution in [0.1, 0.15) is 258 Å². The molecule has 0 spiro atoms. The number of esters is 3. The Morgan fingerprint density at radius 1 is 0.448 bits per heavy atom. The molecule has 0 amide bonds. The fraction of sp³-hybridized carbons (Fsp3) is 0.946. The minimum atomic E-state index is -0.0868. The lowest BCUT2D eigenvalue weighted by Gasteiger charge is -2.34. The number of nitrogens with zero attached hydrogens (tertiary/aromatic N) is 3. The Labute approximate surface area is 424 Å². The van der Waals surface area contributed by atoms with E-state index in [-0.39, 0.29) is 24.0 Å². The van der Waals surface area contributed by atoms with E-state index in [1.54, 1.807) is 10.8 Å². The van der Waals surface area contributed by atoms with Crippen molar-refractivity contribution in [1.82, 2.24) is 14.7 Å². The summed E-state index contributed by atoms with van der Waals surface area (Å²) in [6.45, 7) is 16.9. The summed E-state index contributed by atoms with van der Waals surface area (Å²) in [5, 5.41) is 0. The highest BCUT2D eigenvalue weighted by molar-refractivity contribution is 8.68. The fourth-order valence-electron chi connectivity index (χ4n) is 9.28. The molecule has 1 fully saturated rings. The lowest BCUT2D eigenvalue weighted by molar-refractivity contribution is -0.150. The summed E-state index contributed by atoms with van der Waals surface area (Å²) < 4.78 is 17.3. The van der Waals surface area contributed by atoms with Gasteiger partial charge in [0.2, 0.25) is 0 Å². The number of carbonyl (C=O) groups excluding carboxylic acids is 3. The Morgan fingerprint density at radius 2 is 0.851 bits per heavy atom. The fourth-order valence-corrected chi connectivity index (χ4v) is 10.0. The van der Waals surface area contributed by atoms with Crippen molar-refractivity contribution in [1.29, 1.82) is 0 Å². The van der Waals surface area contributed by atoms with E-state index in [0.29, 0.717) is 32.5 Å². The zero-order chi connectivity index (χ0) is 48.5. The van der Waals surface area contributed by atoms with Gasteiger partial charge in [-0.1, -0.05) is 173 Å². The molecule has 9 nitrogen and oxygen atoms in total. The monoisotopic (exact) mass is 984 g/mol. The molecule has 1 heterocycles. The molecule has 67 heavy (non-hydrogen) atoms. The van der Waals surface area contributed by atoms with Crippen LogP contribution in [-0.4, -0.2) is 117 Å². The van der Waals surface area contributed by atoms with Crippen molar-refractivity contribution >= 4 is 40.4 Å². The van der Waals surface area contributed by atoms with Gasteiger partial charge in [0, 0.05) is 57.7 Å². The summed E-state index contributed by atoms with van der Waals surface area (Å²) in [4.78, 5) is 45.5. The Balaban J connectivity index is 2.41. The second-order valence-electron chi connectivity index (χ2n) is 20.0. The average Bonchev–Trinajstić information content (AvgIpc) is 3.32. The number of piperazine rings is 1. The molecule has 0 aromatic rings. The topological polar surface area (TPSA) is 88.6 Å². The van der Waals surface area contributed by atoms with Crippen molar-refractivity contribution in [3.8, 4) is 0 Å². The van der Waals surface area contributed by atoms with E-state index in [1.165, 1.54) is 141 Å². The summed E-state index contributed by atoms with van der Waals surface area (Å²) in [5.41, 5.74) is 0. The summed E-state index contributed by atoms with van der Waals surface area (Å²) >= 11 is 4.24. The van der Waals surface area contributed by atoms with Gasteiger partial charge in [0.1, 0.15) is 12.7 Å². The quantitative estimate of drug-likeness (QED) is 0.0209. The molecule has 0 radical (unpaired) electrons. The molecule has 0 atom stereocenters. The SMILES string of the molecule is CCCCCCCCCCCOC(=O)CCCCCN(CCCCCCCC(=O)OC(CCCCCCCC)CCCCCCCC)CCCC(=O)OCCN1CCN(CCCCSS)CC1. The van der Waals surface area contributed by atoms with Crippen molar-refractivity contribution < 1.29 is 28.6 Å². The number of rotatable bonds is 51. The number of ether oxygens (including phenoxy) is 3. The Morgan fingerprint density at radius 3 is 1.39 bits per heavy atom. The minimum absolute atomic E-state index is 0.00235. The first-order valence-corrected chi connectivity index (χ1v) is 30.9. The van der Waals surface area contributed by atoms with Crippen LogP contribution < -0.4 is 0 Å². The van der Waals surface area contributed by atoms with Crippen LogP contribution >= 0.6 is 22.5 Å². The summed E-state index contributed by atoms with van der Waals surface area (Å²) in [6, 6.07) is 0. The van der Waals surface area contributed by atoms with Gasteiger partial charge in [-0.15, -0.1) is 11.7 Å². The third kappa shape index (κ3) is 43.5. The molecular weight excluding hydrogens is 875 g/mol. The molecule has 0 N–H and O–H groups in total. The molecule has 1 aliphatic rings. The molecule has 0 aromatic heterocycles. The molecule has 0 bridgehead atoms. The number of hydrogen-bond acceptors (Lipinski definition) is 11. The van der Waals surface area contributed by atoms with Crippen LogP contribution in [0.5, 0.6) is 0 Å². The van der Waals surface area contributed by atoms with Crippen molar-refractivity contribution in [3.63, 3.8) is 0 Å². The molecule has 0 aliphatic carbocycles. The van der Waals surface area contributed by atoms with E-state index >= 15 is 0 Å². The summed E-state index contributed by atoms with van der Waals surface area (Å²) in [5.74, 6) is 0.979. The van der Waals surface area contributed by atoms with Gasteiger partial charge < -0.3 is 24.0 Å². The highest BCUT2D eigenvalue weighted by Gasteiger charge is 2.18. The molecule has 11 heteroatoms. The van der Waals surface area contributed by atoms with Gasteiger partial charge >= 0.3 is 17.9 Å². The van der Waals surface area contributed by atoms with Gasteiger partial charge in [-0.3, -0.25) is 19.3 Å². The molecule has 1 rings (SSSR count). The zero-order valence-electron chi connectivity index (χ0n) is 44.4. The van der Waals surface area contributed by atoms with Crippen LogP contribution in [0.15, 0.2) is 0 Å². The van der Waals surface area contributed by atoms with E-state index in [4.69, 9.17) is 14.2 Å². The maximum atomic E-state index is 12.9. The predicted molar refractivity (Wildman–Crippen MR) is 290 cm³/mol. The smallest absolute Gasteiger partial charge is 0.306 e. The molecule has 0 aromatic carbocycles. The molecular formula is C56H109N3O6S2. The standard InChI is InChI=1S/C56H109N3O6S2/c1-4-7-10-13-16-17-18-24-33-50-63-54(60)38-29-25-31-42-57(44-35-40-55(61)64-51-49-59-47-45-58(46-48-59)43-32-34-52-67-66)41-30-23-19-22-28-39-56(62)65-53(36-26-20-14-11-8-5-2)37-27-21-15-12-9-6-3/h53,66H,4-52H2,1-3H3. The third-order valence-electron chi connectivity index (χ3n) is 13.7. The average molecular weight is 985 g/mol. The Kier molecular flexibility index (Phi) is 47.7. The minimum Gasteiger partial charge on any atom is -0.466 e. The number of carbonyl (C=O) groups is 3. The van der Waals surface area contributed by atoms with Crippen LogP contribution in [0.25, 0.3) is 0 Å². The zero-order valence-corrected chi connectivity index (χ0v) is 46.1. The first-order valence-electron chi connectivity index (χ1n) is 28.9. The lowest BCUT2D eigenvalue weighted by Crippen LogP contribution is -2.47. The van der Waals surface area contributed by atoms with Crippen LogP contribution in [0, 0.1) is 0 Å². The van der Waals surface area contributed by atoms with Crippen molar-refractivity contribution in [2.45, 2.75) is 264 Å². The third-order valence-corrected chi connectivity index (χ3v) is 14.7. The molecule has 0 unspecified atom stereocenters. The number of unbranched alkanes of at least 4 members (excludes halogenated alkanes) is 25. The summed E-state index contributed by atoms with van der Waals surface area (Å²) in [6.07, 6.45) is 41.7. The van der Waals surface area contributed by atoms with Crippen LogP contribution in [0.4, 0.5) is 0 Å². The largest absolute Gasteiger partial charge is 0.466 e. The second-order valence-corrected chi connectivity index (χ2v) is 21.4. The van der Waals surface area contributed by atoms with Gasteiger partial charge in [0.25, 0.3) is 0 Å². The second kappa shape index (κ2) is 50.0. The maximum absolute atomic E-state index is 12.9. The van der Waals surface area contributed by atoms with E-state index in [1.807, 2.05) is 0 Å². The molecule has 396 valence electrons. The van der Waals surface area contributed by atoms with E-state index in [2.05, 4.69) is 47.1 Å². The summed E-state index contributed by atoms with van der Waals surface area (Å²) in [7, 11) is 1.63. The van der Waals surface area contributed by atoms with Gasteiger partial charge in [0.05, 0.1) is 6.61 Å². The van der Waals surface area contributed by atoms with E-state index in [0.717, 1.165) is 142 Å². The van der Waals surface area contributed by atoms with Crippen LogP contribution in [0.3, 0.4) is 0 Å². The van der Waals surface area contributed by atoms with Gasteiger partial charge in [-0.2, -0.15) is 0 Å².